The number of hydrogen-bond acceptors (Lipinski definition) is 2. The maximum Gasteiger partial charge on any atom is 0.0867 e. The Bertz CT molecular complexity index is 247. The first-order valence-corrected chi connectivity index (χ1v) is 3.33. The van der Waals surface area contributed by atoms with Crippen LogP contribution in [0.2, 0.25) is 0 Å². The van der Waals surface area contributed by atoms with E-state index < -0.39 is 0 Å². The van der Waals surface area contributed by atoms with Gasteiger partial charge in [0, 0.05) is 19.4 Å². The molecule has 2 heterocycles. The molecule has 2 rings (SSSR count). The summed E-state index contributed by atoms with van der Waals surface area (Å²) in [6.45, 7) is 1.52. The van der Waals surface area contributed by atoms with Gasteiger partial charge in [0.2, 0.25) is 0 Å². The van der Waals surface area contributed by atoms with Crippen molar-refractivity contribution in [3.8, 4) is 0 Å². The monoisotopic (exact) mass is 135 g/mol. The van der Waals surface area contributed by atoms with Crippen molar-refractivity contribution in [2.75, 3.05) is 0 Å². The highest BCUT2D eigenvalue weighted by molar-refractivity contribution is 5.25. The van der Waals surface area contributed by atoms with Crippen LogP contribution >= 0.6 is 0 Å². The fourth-order valence-electron chi connectivity index (χ4n) is 1.23. The molecule has 0 bridgehead atoms. The molecule has 1 aromatic heterocycles. The van der Waals surface area contributed by atoms with Crippen LogP contribution < -0.4 is 0 Å². The second-order valence-corrected chi connectivity index (χ2v) is 2.57. The molecule has 1 aliphatic rings. The summed E-state index contributed by atoms with van der Waals surface area (Å²) >= 11 is 0. The van der Waals surface area contributed by atoms with Gasteiger partial charge in [0.15, 0.2) is 0 Å². The van der Waals surface area contributed by atoms with E-state index in [0.717, 1.165) is 13.1 Å². The summed E-state index contributed by atoms with van der Waals surface area (Å²) < 4.78 is 2.06. The minimum absolute atomic E-state index is 0.760. The average molecular weight is 135 g/mol. The van der Waals surface area contributed by atoms with Gasteiger partial charge in [-0.2, -0.15) is 10.2 Å². The molecule has 0 N–H and O–H groups in total. The van der Waals surface area contributed by atoms with Crippen LogP contribution in [0.1, 0.15) is 11.1 Å². The van der Waals surface area contributed by atoms with E-state index in [1.807, 2.05) is 7.05 Å². The van der Waals surface area contributed by atoms with Gasteiger partial charge in [0.05, 0.1) is 13.1 Å². The van der Waals surface area contributed by atoms with Crippen LogP contribution in [0.15, 0.2) is 22.6 Å². The van der Waals surface area contributed by atoms with Gasteiger partial charge in [-0.25, -0.2) is 0 Å². The van der Waals surface area contributed by atoms with Crippen LogP contribution in [0.25, 0.3) is 0 Å². The zero-order valence-electron chi connectivity index (χ0n) is 5.91. The molecule has 3 heteroatoms. The van der Waals surface area contributed by atoms with Gasteiger partial charge in [-0.05, 0) is 11.1 Å². The van der Waals surface area contributed by atoms with Crippen molar-refractivity contribution >= 4 is 0 Å². The van der Waals surface area contributed by atoms with E-state index in [4.69, 9.17) is 0 Å². The normalized spacial score (nSPS) is 15.3. The van der Waals surface area contributed by atoms with Crippen LogP contribution in [0.3, 0.4) is 0 Å². The molecule has 0 unspecified atom stereocenters. The quantitative estimate of drug-likeness (QED) is 0.516. The van der Waals surface area contributed by atoms with E-state index in [2.05, 4.69) is 27.2 Å². The number of rotatable bonds is 0. The van der Waals surface area contributed by atoms with E-state index >= 15 is 0 Å². The van der Waals surface area contributed by atoms with Crippen molar-refractivity contribution in [1.82, 2.24) is 4.57 Å². The van der Waals surface area contributed by atoms with E-state index in [1.165, 1.54) is 11.1 Å². The minimum atomic E-state index is 0.760. The summed E-state index contributed by atoms with van der Waals surface area (Å²) in [5.74, 6) is 0. The highest BCUT2D eigenvalue weighted by Gasteiger charge is 2.07. The van der Waals surface area contributed by atoms with Gasteiger partial charge in [0.1, 0.15) is 0 Å². The van der Waals surface area contributed by atoms with Crippen molar-refractivity contribution in [1.29, 1.82) is 0 Å². The van der Waals surface area contributed by atoms with Gasteiger partial charge >= 0.3 is 0 Å². The largest absolute Gasteiger partial charge is 0.357 e. The molecule has 0 aromatic carbocycles. The molecule has 0 radical (unpaired) electrons. The molecule has 0 spiro atoms. The van der Waals surface area contributed by atoms with Crippen molar-refractivity contribution in [3.05, 3.63) is 23.5 Å². The molecule has 0 fully saturated rings. The van der Waals surface area contributed by atoms with Gasteiger partial charge in [-0.1, -0.05) is 0 Å². The second kappa shape index (κ2) is 1.94. The van der Waals surface area contributed by atoms with E-state index in [-0.39, 0.29) is 0 Å². The van der Waals surface area contributed by atoms with Crippen LogP contribution in [0.4, 0.5) is 0 Å². The lowest BCUT2D eigenvalue weighted by molar-refractivity contribution is 0.797. The fraction of sp³-hybridized carbons (Fsp3) is 0.429. The predicted molar refractivity (Wildman–Crippen MR) is 37.7 cm³/mol. The Labute approximate surface area is 59.4 Å². The minimum Gasteiger partial charge on any atom is -0.357 e. The molecule has 52 valence electrons. The van der Waals surface area contributed by atoms with E-state index in [9.17, 15) is 0 Å². The Hall–Kier alpha value is -1.12. The molecule has 3 nitrogen and oxygen atoms in total. The molecule has 0 saturated carbocycles. The Morgan fingerprint density at radius 3 is 2.20 bits per heavy atom. The van der Waals surface area contributed by atoms with Crippen molar-refractivity contribution in [2.45, 2.75) is 13.1 Å². The number of nitrogens with zero attached hydrogens (tertiary/aromatic N) is 3. The first kappa shape index (κ1) is 5.65. The first-order valence-electron chi connectivity index (χ1n) is 3.33. The number of aromatic nitrogens is 1. The van der Waals surface area contributed by atoms with Crippen LogP contribution in [0, 0.1) is 0 Å². The molecule has 0 aliphatic carbocycles. The van der Waals surface area contributed by atoms with Crippen molar-refractivity contribution < 1.29 is 0 Å². The Morgan fingerprint density at radius 1 is 1.20 bits per heavy atom. The number of azo groups is 1. The van der Waals surface area contributed by atoms with E-state index in [0.29, 0.717) is 0 Å². The third kappa shape index (κ3) is 0.744. The zero-order valence-corrected chi connectivity index (χ0v) is 5.91. The lowest BCUT2D eigenvalue weighted by Gasteiger charge is -2.00. The van der Waals surface area contributed by atoms with Gasteiger partial charge in [-0.3, -0.25) is 0 Å². The standard InChI is InChI=1S/C7H9N3/c1-10-4-6-2-8-9-3-7(6)5-10/h4-5H,2-3H2,1H3. The van der Waals surface area contributed by atoms with Crippen molar-refractivity contribution in [3.63, 3.8) is 0 Å². The topological polar surface area (TPSA) is 29.6 Å². The summed E-state index contributed by atoms with van der Waals surface area (Å²) in [5, 5.41) is 7.89. The molecular weight excluding hydrogens is 126 g/mol. The Morgan fingerprint density at radius 2 is 1.70 bits per heavy atom. The molecule has 0 saturated heterocycles. The van der Waals surface area contributed by atoms with Crippen molar-refractivity contribution in [2.24, 2.45) is 17.3 Å². The summed E-state index contributed by atoms with van der Waals surface area (Å²) in [6.07, 6.45) is 4.21. The number of hydrogen-bond donors (Lipinski definition) is 0. The van der Waals surface area contributed by atoms with Crippen LogP contribution in [0.5, 0.6) is 0 Å². The predicted octanol–water partition coefficient (Wildman–Crippen LogP) is 1.49. The van der Waals surface area contributed by atoms with Gasteiger partial charge < -0.3 is 4.57 Å². The molecular formula is C7H9N3. The Balaban J connectivity index is 2.46. The maximum atomic E-state index is 3.94. The second-order valence-electron chi connectivity index (χ2n) is 2.57. The van der Waals surface area contributed by atoms with Gasteiger partial charge in [-0.15, -0.1) is 0 Å². The lowest BCUT2D eigenvalue weighted by atomic mass is 10.2. The smallest absolute Gasteiger partial charge is 0.0867 e. The first-order chi connectivity index (χ1) is 4.86. The molecule has 1 aliphatic heterocycles. The Kier molecular flexibility index (Phi) is 1.09. The van der Waals surface area contributed by atoms with E-state index in [1.54, 1.807) is 0 Å². The summed E-state index contributed by atoms with van der Waals surface area (Å²) in [6, 6.07) is 0. The SMILES string of the molecule is Cn1cc2c(c1)CN=NC2. The average Bonchev–Trinajstić information content (AvgIpc) is 2.27. The third-order valence-electron chi connectivity index (χ3n) is 1.71. The molecule has 10 heavy (non-hydrogen) atoms. The highest BCUT2D eigenvalue weighted by Crippen LogP contribution is 2.16. The summed E-state index contributed by atoms with van der Waals surface area (Å²) in [7, 11) is 2.03. The maximum absolute atomic E-state index is 3.94. The van der Waals surface area contributed by atoms with Gasteiger partial charge in [0.25, 0.3) is 0 Å². The molecule has 0 atom stereocenters. The summed E-state index contributed by atoms with van der Waals surface area (Å²) in [5.41, 5.74) is 2.63. The fourth-order valence-corrected chi connectivity index (χ4v) is 1.23. The number of fused-ring (bicyclic) bond motifs is 1. The molecule has 1 aromatic rings. The lowest BCUT2D eigenvalue weighted by Crippen LogP contribution is -1.90. The van der Waals surface area contributed by atoms with Crippen LogP contribution in [-0.2, 0) is 20.1 Å². The highest BCUT2D eigenvalue weighted by atomic mass is 15.1. The summed E-state index contributed by atoms with van der Waals surface area (Å²) in [4.78, 5) is 0. The van der Waals surface area contributed by atoms with Crippen LogP contribution in [-0.4, -0.2) is 4.57 Å². The number of aryl methyl sites for hydroxylation is 1. The molecule has 0 amide bonds. The zero-order chi connectivity index (χ0) is 6.97. The third-order valence-corrected chi connectivity index (χ3v) is 1.71.